The van der Waals surface area contributed by atoms with Gasteiger partial charge in [-0.05, 0) is 31.7 Å². The molecule has 1 saturated heterocycles. The number of nitrogens with zero attached hydrogens (tertiary/aromatic N) is 2. The van der Waals surface area contributed by atoms with E-state index in [0.717, 1.165) is 12.8 Å². The molecule has 0 saturated carbocycles. The lowest BCUT2D eigenvalue weighted by Gasteiger charge is -2.28. The molecule has 1 aromatic heterocycles. The fourth-order valence-electron chi connectivity index (χ4n) is 2.85. The summed E-state index contributed by atoms with van der Waals surface area (Å²) in [5.41, 5.74) is 0.519. The number of aromatic nitrogens is 2. The molecule has 1 aliphatic rings. The highest BCUT2D eigenvalue weighted by Crippen LogP contribution is 2.30. The summed E-state index contributed by atoms with van der Waals surface area (Å²) in [5.74, 6) is 1.05. The van der Waals surface area contributed by atoms with Crippen LogP contribution in [-0.2, 0) is 11.3 Å². The molecule has 23 heavy (non-hydrogen) atoms. The van der Waals surface area contributed by atoms with E-state index < -0.39 is 5.82 Å². The van der Waals surface area contributed by atoms with Gasteiger partial charge in [-0.25, -0.2) is 4.39 Å². The summed E-state index contributed by atoms with van der Waals surface area (Å²) in [6.07, 6.45) is 1.80. The SMILES string of the molecule is Cc1noc([C@H](NCc2cccc(Cl)c2F)C2CCOCC2)n1. The van der Waals surface area contributed by atoms with Crippen LogP contribution in [0.25, 0.3) is 0 Å². The molecule has 124 valence electrons. The average Bonchev–Trinajstić information content (AvgIpc) is 2.99. The van der Waals surface area contributed by atoms with Crippen LogP contribution in [0.1, 0.15) is 36.2 Å². The van der Waals surface area contributed by atoms with Crippen LogP contribution in [0.5, 0.6) is 0 Å². The van der Waals surface area contributed by atoms with Crippen molar-refractivity contribution in [3.63, 3.8) is 0 Å². The second-order valence-electron chi connectivity index (χ2n) is 5.70. The van der Waals surface area contributed by atoms with Crippen molar-refractivity contribution < 1.29 is 13.7 Å². The van der Waals surface area contributed by atoms with Crippen molar-refractivity contribution in [3.8, 4) is 0 Å². The van der Waals surface area contributed by atoms with E-state index in [0.29, 0.717) is 43.0 Å². The first kappa shape index (κ1) is 16.4. The lowest BCUT2D eigenvalue weighted by Crippen LogP contribution is -2.32. The number of ether oxygens (including phenoxy) is 1. The molecular formula is C16H19ClFN3O2. The second-order valence-corrected chi connectivity index (χ2v) is 6.11. The third kappa shape index (κ3) is 3.88. The smallest absolute Gasteiger partial charge is 0.244 e. The normalized spacial score (nSPS) is 17.3. The highest BCUT2D eigenvalue weighted by molar-refractivity contribution is 6.30. The van der Waals surface area contributed by atoms with Crippen molar-refractivity contribution in [1.29, 1.82) is 0 Å². The van der Waals surface area contributed by atoms with E-state index in [9.17, 15) is 4.39 Å². The predicted molar refractivity (Wildman–Crippen MR) is 83.6 cm³/mol. The molecule has 7 heteroatoms. The molecule has 0 radical (unpaired) electrons. The Balaban J connectivity index is 1.76. The molecule has 1 aromatic carbocycles. The summed E-state index contributed by atoms with van der Waals surface area (Å²) in [7, 11) is 0. The molecule has 1 N–H and O–H groups in total. The molecule has 1 aliphatic heterocycles. The van der Waals surface area contributed by atoms with Crippen molar-refractivity contribution in [2.24, 2.45) is 5.92 Å². The van der Waals surface area contributed by atoms with Crippen molar-refractivity contribution in [1.82, 2.24) is 15.5 Å². The van der Waals surface area contributed by atoms with Gasteiger partial charge in [0.1, 0.15) is 5.82 Å². The Morgan fingerprint density at radius 2 is 2.17 bits per heavy atom. The lowest BCUT2D eigenvalue weighted by atomic mass is 9.91. The van der Waals surface area contributed by atoms with Gasteiger partial charge in [0, 0.05) is 25.3 Å². The third-order valence-corrected chi connectivity index (χ3v) is 4.38. The van der Waals surface area contributed by atoms with Gasteiger partial charge in [-0.2, -0.15) is 4.98 Å². The zero-order valence-corrected chi connectivity index (χ0v) is 13.6. The van der Waals surface area contributed by atoms with Crippen LogP contribution in [0.15, 0.2) is 22.7 Å². The zero-order chi connectivity index (χ0) is 16.2. The maximum atomic E-state index is 14.1. The van der Waals surface area contributed by atoms with Gasteiger partial charge in [0.05, 0.1) is 11.1 Å². The maximum absolute atomic E-state index is 14.1. The fourth-order valence-corrected chi connectivity index (χ4v) is 3.04. The van der Waals surface area contributed by atoms with Crippen molar-refractivity contribution in [2.45, 2.75) is 32.4 Å². The Hall–Kier alpha value is -1.50. The van der Waals surface area contributed by atoms with Gasteiger partial charge in [-0.15, -0.1) is 0 Å². The Kier molecular flexibility index (Phi) is 5.25. The molecule has 0 amide bonds. The Bertz CT molecular complexity index is 659. The van der Waals surface area contributed by atoms with Crippen LogP contribution in [0.3, 0.4) is 0 Å². The summed E-state index contributed by atoms with van der Waals surface area (Å²) < 4.78 is 24.8. The first-order valence-corrected chi connectivity index (χ1v) is 8.07. The average molecular weight is 340 g/mol. The van der Waals surface area contributed by atoms with Crippen LogP contribution < -0.4 is 5.32 Å². The summed E-state index contributed by atoms with van der Waals surface area (Å²) in [6, 6.07) is 4.87. The Labute approximate surface area is 139 Å². The molecule has 2 heterocycles. The van der Waals surface area contributed by atoms with Gasteiger partial charge in [0.25, 0.3) is 0 Å². The number of rotatable bonds is 5. The van der Waals surface area contributed by atoms with Crippen LogP contribution in [-0.4, -0.2) is 23.4 Å². The monoisotopic (exact) mass is 339 g/mol. The van der Waals surface area contributed by atoms with Gasteiger partial charge < -0.3 is 14.6 Å². The van der Waals surface area contributed by atoms with Crippen LogP contribution in [0.2, 0.25) is 5.02 Å². The summed E-state index contributed by atoms with van der Waals surface area (Å²) in [4.78, 5) is 4.34. The molecular weight excluding hydrogens is 321 g/mol. The molecule has 0 unspecified atom stereocenters. The molecule has 0 bridgehead atoms. The van der Waals surface area contributed by atoms with Gasteiger partial charge in [-0.1, -0.05) is 28.9 Å². The first-order chi connectivity index (χ1) is 11.1. The van der Waals surface area contributed by atoms with E-state index in [1.54, 1.807) is 19.1 Å². The van der Waals surface area contributed by atoms with E-state index in [2.05, 4.69) is 15.5 Å². The minimum Gasteiger partial charge on any atom is -0.381 e. The second kappa shape index (κ2) is 7.38. The number of aryl methyl sites for hydroxylation is 1. The van der Waals surface area contributed by atoms with Crippen LogP contribution >= 0.6 is 11.6 Å². The van der Waals surface area contributed by atoms with E-state index in [-0.39, 0.29) is 11.1 Å². The summed E-state index contributed by atoms with van der Waals surface area (Å²) in [5, 5.41) is 7.34. The number of halogens is 2. The minimum atomic E-state index is -0.394. The molecule has 1 atom stereocenters. The van der Waals surface area contributed by atoms with E-state index in [4.69, 9.17) is 20.9 Å². The van der Waals surface area contributed by atoms with E-state index >= 15 is 0 Å². The van der Waals surface area contributed by atoms with Gasteiger partial charge in [0.15, 0.2) is 5.82 Å². The molecule has 5 nitrogen and oxygen atoms in total. The molecule has 3 rings (SSSR count). The third-order valence-electron chi connectivity index (χ3n) is 4.09. The molecule has 0 spiro atoms. The predicted octanol–water partition coefficient (Wildman–Crippen LogP) is 3.43. The van der Waals surface area contributed by atoms with Crippen LogP contribution in [0.4, 0.5) is 4.39 Å². The summed E-state index contributed by atoms with van der Waals surface area (Å²) >= 11 is 5.84. The van der Waals surface area contributed by atoms with E-state index in [1.165, 1.54) is 6.07 Å². The number of benzene rings is 1. The van der Waals surface area contributed by atoms with Crippen LogP contribution in [0, 0.1) is 18.7 Å². The minimum absolute atomic E-state index is 0.126. The topological polar surface area (TPSA) is 60.2 Å². The highest BCUT2D eigenvalue weighted by Gasteiger charge is 2.29. The number of hydrogen-bond acceptors (Lipinski definition) is 5. The van der Waals surface area contributed by atoms with Gasteiger partial charge in [-0.3, -0.25) is 0 Å². The standard InChI is InChI=1S/C16H19ClFN3O2/c1-10-20-16(23-21-10)15(11-5-7-22-8-6-11)19-9-12-3-2-4-13(17)14(12)18/h2-4,11,15,19H,5-9H2,1H3/t15-/m1/s1. The lowest BCUT2D eigenvalue weighted by molar-refractivity contribution is 0.0485. The highest BCUT2D eigenvalue weighted by atomic mass is 35.5. The van der Waals surface area contributed by atoms with Crippen molar-refractivity contribution in [3.05, 3.63) is 46.3 Å². The maximum Gasteiger partial charge on any atom is 0.244 e. The van der Waals surface area contributed by atoms with Gasteiger partial charge in [0.2, 0.25) is 5.89 Å². The van der Waals surface area contributed by atoms with Gasteiger partial charge >= 0.3 is 0 Å². The van der Waals surface area contributed by atoms with E-state index in [1.807, 2.05) is 0 Å². The fraction of sp³-hybridized carbons (Fsp3) is 0.500. The number of hydrogen-bond donors (Lipinski definition) is 1. The summed E-state index contributed by atoms with van der Waals surface area (Å²) in [6.45, 7) is 3.55. The Morgan fingerprint density at radius 3 is 2.87 bits per heavy atom. The zero-order valence-electron chi connectivity index (χ0n) is 12.9. The molecule has 1 fully saturated rings. The van der Waals surface area contributed by atoms with Crippen molar-refractivity contribution in [2.75, 3.05) is 13.2 Å². The quantitative estimate of drug-likeness (QED) is 0.904. The number of nitrogens with one attached hydrogen (secondary N) is 1. The first-order valence-electron chi connectivity index (χ1n) is 7.69. The molecule has 0 aliphatic carbocycles. The molecule has 2 aromatic rings. The largest absolute Gasteiger partial charge is 0.381 e. The van der Waals surface area contributed by atoms with Crippen molar-refractivity contribution >= 4 is 11.6 Å². The Morgan fingerprint density at radius 1 is 1.39 bits per heavy atom.